The molecule has 3 N–H and O–H groups in total. The van der Waals surface area contributed by atoms with Gasteiger partial charge in [-0.3, -0.25) is 4.79 Å². The second kappa shape index (κ2) is 11.9. The van der Waals surface area contributed by atoms with Gasteiger partial charge in [-0.05, 0) is 74.3 Å². The second-order valence-corrected chi connectivity index (χ2v) is 11.2. The van der Waals surface area contributed by atoms with E-state index in [-0.39, 0.29) is 18.3 Å². The lowest BCUT2D eigenvalue weighted by atomic mass is 9.93. The molecule has 3 aliphatic rings. The predicted octanol–water partition coefficient (Wildman–Crippen LogP) is 5.01. The van der Waals surface area contributed by atoms with Crippen LogP contribution in [-0.2, 0) is 0 Å². The van der Waals surface area contributed by atoms with E-state index in [0.717, 1.165) is 37.3 Å². The van der Waals surface area contributed by atoms with Crippen molar-refractivity contribution in [3.8, 4) is 5.75 Å². The molecule has 8 nitrogen and oxygen atoms in total. The number of hydrogen-bond donors (Lipinski definition) is 3. The highest BCUT2D eigenvalue weighted by molar-refractivity contribution is 8.00. The highest BCUT2D eigenvalue weighted by Gasteiger charge is 2.44. The molecule has 2 saturated heterocycles. The fourth-order valence-electron chi connectivity index (χ4n) is 5.27. The Balaban J connectivity index is 1.37. The van der Waals surface area contributed by atoms with E-state index in [1.54, 1.807) is 12.1 Å². The van der Waals surface area contributed by atoms with Crippen molar-refractivity contribution in [2.24, 2.45) is 5.41 Å². The van der Waals surface area contributed by atoms with Crippen LogP contribution in [0, 0.1) is 5.41 Å². The van der Waals surface area contributed by atoms with E-state index >= 15 is 0 Å². The maximum atomic E-state index is 13.7. The number of benzene rings is 1. The van der Waals surface area contributed by atoms with E-state index in [4.69, 9.17) is 9.84 Å². The summed E-state index contributed by atoms with van der Waals surface area (Å²) in [7, 11) is 0. The molecule has 5 rings (SSSR count). The largest absolute Gasteiger partial charge is 0.459 e. The maximum absolute atomic E-state index is 13.7. The molecule has 0 unspecified atom stereocenters. The first kappa shape index (κ1) is 26.8. The van der Waals surface area contributed by atoms with Gasteiger partial charge in [0, 0.05) is 37.6 Å². The Bertz CT molecular complexity index is 1120. The number of carbonyl (C=O) groups excluding carboxylic acids is 1. The van der Waals surface area contributed by atoms with Crippen LogP contribution in [0.1, 0.15) is 48.9 Å². The number of aromatic nitrogens is 1. The quantitative estimate of drug-likeness (QED) is 0.283. The summed E-state index contributed by atoms with van der Waals surface area (Å²) in [5.41, 5.74) is 2.77. The summed E-state index contributed by atoms with van der Waals surface area (Å²) >= 11 is 1.41. The van der Waals surface area contributed by atoms with E-state index < -0.39 is 13.0 Å². The van der Waals surface area contributed by atoms with Crippen LogP contribution in [0.2, 0.25) is 0 Å². The van der Waals surface area contributed by atoms with Gasteiger partial charge in [-0.15, -0.1) is 0 Å². The molecule has 2 aromatic rings. The van der Waals surface area contributed by atoms with E-state index in [1.807, 2.05) is 23.1 Å². The van der Waals surface area contributed by atoms with Crippen molar-refractivity contribution in [3.05, 3.63) is 35.9 Å². The van der Waals surface area contributed by atoms with Gasteiger partial charge in [0.15, 0.2) is 11.6 Å². The molecule has 3 fully saturated rings. The number of hydrogen-bond acceptors (Lipinski definition) is 8. The normalized spacial score (nSPS) is 18.9. The van der Waals surface area contributed by atoms with Crippen molar-refractivity contribution >= 4 is 40.9 Å². The molecule has 1 aromatic heterocycles. The standard InChI is InChI=1S/C27H35F2N5O3S/c28-18-37-23-3-4-24(30-25(23)34-11-5-19(29)6-12-34)31-26(36)21-2-1-20(32-38-16-15-35)17-22(21)33-13-9-27(7-8-27)10-14-33/h1-4,17,19,32,35H,5-16,18H2,(H,30,31,36). The van der Waals surface area contributed by atoms with Crippen molar-refractivity contribution in [3.63, 3.8) is 0 Å². The van der Waals surface area contributed by atoms with Crippen LogP contribution >= 0.6 is 11.9 Å². The van der Waals surface area contributed by atoms with E-state index in [2.05, 4.69) is 19.9 Å². The Labute approximate surface area is 226 Å². The molecule has 1 spiro atoms. The smallest absolute Gasteiger partial charge is 0.258 e. The van der Waals surface area contributed by atoms with Crippen LogP contribution in [0.25, 0.3) is 0 Å². The highest BCUT2D eigenvalue weighted by Crippen LogP contribution is 2.54. The maximum Gasteiger partial charge on any atom is 0.258 e. The minimum Gasteiger partial charge on any atom is -0.459 e. The molecular weight excluding hydrogens is 512 g/mol. The SMILES string of the molecule is O=C(Nc1ccc(OCF)c(N2CCC(F)CC2)n1)c1ccc(NSCCO)cc1N1CCC2(CC1)CC2. The lowest BCUT2D eigenvalue weighted by molar-refractivity contribution is 0.102. The number of ether oxygens (including phenoxy) is 1. The van der Waals surface area contributed by atoms with Gasteiger partial charge in [0.25, 0.3) is 5.91 Å². The van der Waals surface area contributed by atoms with Gasteiger partial charge in [-0.25, -0.2) is 13.8 Å². The molecule has 0 atom stereocenters. The van der Waals surface area contributed by atoms with Crippen LogP contribution in [-0.4, -0.2) is 67.6 Å². The predicted molar refractivity (Wildman–Crippen MR) is 148 cm³/mol. The van der Waals surface area contributed by atoms with Gasteiger partial charge in [0.1, 0.15) is 12.0 Å². The molecule has 11 heteroatoms. The Hall–Kier alpha value is -2.79. The number of amides is 1. The van der Waals surface area contributed by atoms with E-state index in [1.165, 1.54) is 24.8 Å². The van der Waals surface area contributed by atoms with Gasteiger partial charge < -0.3 is 29.7 Å². The molecule has 206 valence electrons. The molecule has 0 radical (unpaired) electrons. The first-order valence-electron chi connectivity index (χ1n) is 13.3. The first-order chi connectivity index (χ1) is 18.5. The minimum atomic E-state index is -1.00. The van der Waals surface area contributed by atoms with Crippen LogP contribution < -0.4 is 24.6 Å². The number of anilines is 4. The lowest BCUT2D eigenvalue weighted by Crippen LogP contribution is -2.36. The first-order valence-corrected chi connectivity index (χ1v) is 14.3. The number of aliphatic hydroxyl groups is 1. The van der Waals surface area contributed by atoms with E-state index in [9.17, 15) is 13.6 Å². The number of piperidine rings is 2. The summed E-state index contributed by atoms with van der Waals surface area (Å²) < 4.78 is 35.1. The van der Waals surface area contributed by atoms with Gasteiger partial charge in [0.05, 0.1) is 17.9 Å². The van der Waals surface area contributed by atoms with Crippen molar-refractivity contribution < 1.29 is 23.4 Å². The zero-order valence-electron chi connectivity index (χ0n) is 21.4. The second-order valence-electron chi connectivity index (χ2n) is 10.3. The molecule has 1 aromatic carbocycles. The topological polar surface area (TPSA) is 90.0 Å². The Morgan fingerprint density at radius 1 is 1.11 bits per heavy atom. The number of rotatable bonds is 10. The van der Waals surface area contributed by atoms with Crippen molar-refractivity contribution in [1.29, 1.82) is 0 Å². The third-order valence-electron chi connectivity index (χ3n) is 7.76. The summed E-state index contributed by atoms with van der Waals surface area (Å²) in [6.07, 6.45) is 4.72. The summed E-state index contributed by atoms with van der Waals surface area (Å²) in [5, 5.41) is 12.0. The van der Waals surface area contributed by atoms with Crippen LogP contribution in [0.4, 0.5) is 31.8 Å². The highest BCUT2D eigenvalue weighted by atomic mass is 32.2. The lowest BCUT2D eigenvalue weighted by Gasteiger charge is -2.35. The number of pyridine rings is 1. The summed E-state index contributed by atoms with van der Waals surface area (Å²) in [5.74, 6) is 1.26. The molecule has 38 heavy (non-hydrogen) atoms. The van der Waals surface area contributed by atoms with Gasteiger partial charge >= 0.3 is 0 Å². The number of alkyl halides is 2. The third-order valence-corrected chi connectivity index (χ3v) is 8.53. The average Bonchev–Trinajstić information content (AvgIpc) is 3.69. The average molecular weight is 548 g/mol. The zero-order chi connectivity index (χ0) is 26.5. The Morgan fingerprint density at radius 2 is 1.87 bits per heavy atom. The number of nitrogens with one attached hydrogen (secondary N) is 2. The van der Waals surface area contributed by atoms with Gasteiger partial charge in [0.2, 0.25) is 6.86 Å². The van der Waals surface area contributed by atoms with Gasteiger partial charge in [-0.2, -0.15) is 0 Å². The van der Waals surface area contributed by atoms with E-state index in [0.29, 0.717) is 54.3 Å². The zero-order valence-corrected chi connectivity index (χ0v) is 22.2. The van der Waals surface area contributed by atoms with Crippen LogP contribution in [0.3, 0.4) is 0 Å². The Morgan fingerprint density at radius 3 is 2.55 bits per heavy atom. The summed E-state index contributed by atoms with van der Waals surface area (Å²) in [6, 6.07) is 8.83. The fourth-order valence-corrected chi connectivity index (χ4v) is 5.76. The van der Waals surface area contributed by atoms with Crippen molar-refractivity contribution in [2.45, 2.75) is 44.7 Å². The summed E-state index contributed by atoms with van der Waals surface area (Å²) in [6.45, 7) is 1.76. The number of halogens is 2. The molecule has 2 aliphatic heterocycles. The number of carbonyl (C=O) groups is 1. The molecule has 1 amide bonds. The molecule has 3 heterocycles. The Kier molecular flexibility index (Phi) is 8.42. The third kappa shape index (κ3) is 6.26. The molecule has 1 saturated carbocycles. The van der Waals surface area contributed by atoms with Crippen LogP contribution in [0.15, 0.2) is 30.3 Å². The molecule has 0 bridgehead atoms. The minimum absolute atomic E-state index is 0.0785. The molecular formula is C27H35F2N5O3S. The van der Waals surface area contributed by atoms with Crippen LogP contribution in [0.5, 0.6) is 5.75 Å². The fraction of sp³-hybridized carbons (Fsp3) is 0.556. The van der Waals surface area contributed by atoms with Crippen molar-refractivity contribution in [2.75, 3.05) is 65.2 Å². The monoisotopic (exact) mass is 547 g/mol. The summed E-state index contributed by atoms with van der Waals surface area (Å²) in [4.78, 5) is 22.3. The van der Waals surface area contributed by atoms with Crippen molar-refractivity contribution in [1.82, 2.24) is 4.98 Å². The molecule has 1 aliphatic carbocycles. The van der Waals surface area contributed by atoms with Gasteiger partial charge in [-0.1, -0.05) is 11.9 Å². The number of aliphatic hydroxyl groups excluding tert-OH is 1. The number of nitrogens with zero attached hydrogens (tertiary/aromatic N) is 3.